The molecule has 1 N–H and O–H groups in total. The number of aromatic hydroxyl groups is 1. The predicted octanol–water partition coefficient (Wildman–Crippen LogP) is 6.08. The van der Waals surface area contributed by atoms with E-state index in [2.05, 4.69) is 4.98 Å². The van der Waals surface area contributed by atoms with E-state index in [0.29, 0.717) is 37.6 Å². The number of thiazole rings is 1. The maximum absolute atomic E-state index is 13.1. The highest BCUT2D eigenvalue weighted by molar-refractivity contribution is 7.21. The van der Waals surface area contributed by atoms with Crippen molar-refractivity contribution in [3.8, 4) is 22.1 Å². The summed E-state index contributed by atoms with van der Waals surface area (Å²) >= 11 is 1.54. The van der Waals surface area contributed by atoms with Crippen LogP contribution in [0.15, 0.2) is 60.7 Å². The van der Waals surface area contributed by atoms with Gasteiger partial charge in [-0.2, -0.15) is 13.2 Å². The number of alkyl halides is 3. The molecule has 0 amide bonds. The second-order valence-corrected chi connectivity index (χ2v) is 8.76. The summed E-state index contributed by atoms with van der Waals surface area (Å²) in [5.41, 5.74) is 2.38. The van der Waals surface area contributed by atoms with Crippen LogP contribution in [0.4, 0.5) is 13.2 Å². The summed E-state index contributed by atoms with van der Waals surface area (Å²) in [5, 5.41) is 11.4. The molecule has 0 unspecified atom stereocenters. The molecule has 0 saturated heterocycles. The molecule has 3 aromatic carbocycles. The van der Waals surface area contributed by atoms with Crippen LogP contribution in [-0.4, -0.2) is 28.1 Å². The zero-order chi connectivity index (χ0) is 22.3. The molecule has 32 heavy (non-hydrogen) atoms. The molecule has 0 aliphatic carbocycles. The van der Waals surface area contributed by atoms with Gasteiger partial charge in [-0.1, -0.05) is 30.3 Å². The van der Waals surface area contributed by atoms with E-state index in [-0.39, 0.29) is 5.75 Å². The number of hydrogen-bond donors (Lipinski definition) is 1. The van der Waals surface area contributed by atoms with Crippen molar-refractivity contribution < 1.29 is 23.0 Å². The summed E-state index contributed by atoms with van der Waals surface area (Å²) in [7, 11) is 0. The summed E-state index contributed by atoms with van der Waals surface area (Å²) in [4.78, 5) is 6.68. The van der Waals surface area contributed by atoms with E-state index < -0.39 is 11.7 Å². The lowest BCUT2D eigenvalue weighted by Crippen LogP contribution is -2.25. The number of para-hydroxylation sites is 1. The molecule has 1 aliphatic rings. The van der Waals surface area contributed by atoms with Gasteiger partial charge in [0.1, 0.15) is 11.6 Å². The van der Waals surface area contributed by atoms with E-state index in [1.807, 2.05) is 35.2 Å². The molecule has 0 spiro atoms. The third-order valence-electron chi connectivity index (χ3n) is 5.40. The number of hydrogen-bond acceptors (Lipinski definition) is 5. The Hall–Kier alpha value is -3.10. The lowest BCUT2D eigenvalue weighted by atomic mass is 10.1. The Bertz CT molecular complexity index is 1250. The summed E-state index contributed by atoms with van der Waals surface area (Å²) in [6.07, 6.45) is -4.37. The Morgan fingerprint density at radius 1 is 1.06 bits per heavy atom. The molecule has 164 valence electrons. The van der Waals surface area contributed by atoms with Crippen molar-refractivity contribution in [2.24, 2.45) is 0 Å². The van der Waals surface area contributed by atoms with E-state index >= 15 is 0 Å². The Labute approximate surface area is 186 Å². The van der Waals surface area contributed by atoms with Crippen LogP contribution in [0.3, 0.4) is 0 Å². The largest absolute Gasteiger partial charge is 0.504 e. The van der Waals surface area contributed by atoms with Crippen molar-refractivity contribution in [2.75, 3.05) is 13.2 Å². The number of fused-ring (bicyclic) bond motifs is 2. The van der Waals surface area contributed by atoms with Crippen LogP contribution in [0.1, 0.15) is 16.7 Å². The number of halogens is 3. The first kappa shape index (κ1) is 20.8. The van der Waals surface area contributed by atoms with Crippen molar-refractivity contribution >= 4 is 21.6 Å². The smallest absolute Gasteiger partial charge is 0.416 e. The first-order valence-corrected chi connectivity index (χ1v) is 10.9. The molecule has 5 rings (SSSR count). The molecule has 0 bridgehead atoms. The van der Waals surface area contributed by atoms with Crippen LogP contribution in [0.5, 0.6) is 11.5 Å². The minimum absolute atomic E-state index is 0.0395. The van der Waals surface area contributed by atoms with Crippen molar-refractivity contribution in [1.82, 2.24) is 9.88 Å². The predicted molar refractivity (Wildman–Crippen MR) is 118 cm³/mol. The number of aromatic nitrogens is 1. The number of benzene rings is 3. The van der Waals surface area contributed by atoms with Crippen molar-refractivity contribution in [1.29, 1.82) is 0 Å². The number of ether oxygens (including phenoxy) is 1. The van der Waals surface area contributed by atoms with Gasteiger partial charge >= 0.3 is 6.18 Å². The normalized spacial score (nSPS) is 14.7. The Balaban J connectivity index is 1.44. The Morgan fingerprint density at radius 3 is 2.72 bits per heavy atom. The molecule has 0 saturated carbocycles. The van der Waals surface area contributed by atoms with Gasteiger partial charge < -0.3 is 9.84 Å². The number of nitrogens with zero attached hydrogens (tertiary/aromatic N) is 2. The molecule has 0 atom stereocenters. The zero-order valence-corrected chi connectivity index (χ0v) is 17.7. The average molecular weight is 456 g/mol. The van der Waals surface area contributed by atoms with Gasteiger partial charge in [-0.25, -0.2) is 4.98 Å². The van der Waals surface area contributed by atoms with Gasteiger partial charge in [0, 0.05) is 30.8 Å². The van der Waals surface area contributed by atoms with Crippen molar-refractivity contribution in [3.05, 3.63) is 77.4 Å². The number of phenolic OH excluding ortho intramolecular Hbond substituents is 1. The minimum atomic E-state index is -4.37. The van der Waals surface area contributed by atoms with E-state index in [1.54, 1.807) is 12.1 Å². The van der Waals surface area contributed by atoms with E-state index in [4.69, 9.17) is 4.74 Å². The van der Waals surface area contributed by atoms with Crippen LogP contribution >= 0.6 is 11.3 Å². The minimum Gasteiger partial charge on any atom is -0.504 e. The highest BCUT2D eigenvalue weighted by Crippen LogP contribution is 2.40. The van der Waals surface area contributed by atoms with Crippen LogP contribution in [0.25, 0.3) is 20.8 Å². The fraction of sp³-hybridized carbons (Fsp3) is 0.208. The number of phenols is 1. The second-order valence-electron chi connectivity index (χ2n) is 7.73. The molecule has 2 heterocycles. The topological polar surface area (TPSA) is 45.6 Å². The van der Waals surface area contributed by atoms with Gasteiger partial charge in [-0.3, -0.25) is 4.90 Å². The van der Waals surface area contributed by atoms with E-state index in [1.165, 1.54) is 23.5 Å². The monoisotopic (exact) mass is 456 g/mol. The first-order valence-electron chi connectivity index (χ1n) is 10.1. The van der Waals surface area contributed by atoms with Gasteiger partial charge in [0.2, 0.25) is 0 Å². The molecule has 0 radical (unpaired) electrons. The molecular weight excluding hydrogens is 437 g/mol. The van der Waals surface area contributed by atoms with Crippen LogP contribution in [0.2, 0.25) is 0 Å². The van der Waals surface area contributed by atoms with Crippen LogP contribution < -0.4 is 4.74 Å². The van der Waals surface area contributed by atoms with E-state index in [9.17, 15) is 18.3 Å². The fourth-order valence-corrected chi connectivity index (χ4v) is 4.86. The zero-order valence-electron chi connectivity index (χ0n) is 16.9. The van der Waals surface area contributed by atoms with Crippen molar-refractivity contribution in [2.45, 2.75) is 19.3 Å². The highest BCUT2D eigenvalue weighted by Gasteiger charge is 2.30. The van der Waals surface area contributed by atoms with Gasteiger partial charge in [0.05, 0.1) is 15.8 Å². The SMILES string of the molecule is Oc1cc(-c2nc3ccccc3s2)cc2c1OCCN(Cc1cccc(C(F)(F)F)c1)C2. The third-order valence-corrected chi connectivity index (χ3v) is 6.48. The molecule has 4 aromatic rings. The molecule has 1 aliphatic heterocycles. The van der Waals surface area contributed by atoms with Crippen LogP contribution in [-0.2, 0) is 19.3 Å². The summed E-state index contributed by atoms with van der Waals surface area (Å²) in [6.45, 7) is 1.65. The quantitative estimate of drug-likeness (QED) is 0.406. The van der Waals surface area contributed by atoms with Gasteiger partial charge in [0.25, 0.3) is 0 Å². The van der Waals surface area contributed by atoms with Gasteiger partial charge in [0.15, 0.2) is 11.5 Å². The summed E-state index contributed by atoms with van der Waals surface area (Å²) in [6, 6.07) is 16.8. The maximum atomic E-state index is 13.1. The lowest BCUT2D eigenvalue weighted by Gasteiger charge is -2.20. The molecular formula is C24H19F3N2O2S. The fourth-order valence-electron chi connectivity index (χ4n) is 3.91. The molecule has 1 aromatic heterocycles. The van der Waals surface area contributed by atoms with Gasteiger partial charge in [-0.15, -0.1) is 11.3 Å². The summed E-state index contributed by atoms with van der Waals surface area (Å²) < 4.78 is 46.0. The Kier molecular flexibility index (Phi) is 5.27. The highest BCUT2D eigenvalue weighted by atomic mass is 32.1. The first-order chi connectivity index (χ1) is 15.4. The molecule has 8 heteroatoms. The third kappa shape index (κ3) is 4.16. The number of rotatable bonds is 3. The summed E-state index contributed by atoms with van der Waals surface area (Å²) in [5.74, 6) is 0.457. The Morgan fingerprint density at radius 2 is 1.91 bits per heavy atom. The standard InChI is InChI=1S/C24H19F3N2O2S/c25-24(26,27)18-5-3-4-15(10-18)13-29-8-9-31-22-17(14-29)11-16(12-20(22)30)23-28-19-6-1-2-7-21(19)32-23/h1-7,10-12,30H,8-9,13-14H2. The van der Waals surface area contributed by atoms with Crippen LogP contribution in [0, 0.1) is 0 Å². The molecule has 0 fully saturated rings. The van der Waals surface area contributed by atoms with E-state index in [0.717, 1.165) is 32.4 Å². The average Bonchev–Trinajstić information content (AvgIpc) is 3.08. The molecule has 4 nitrogen and oxygen atoms in total. The van der Waals surface area contributed by atoms with Gasteiger partial charge in [-0.05, 0) is 35.9 Å². The second kappa shape index (κ2) is 8.11. The maximum Gasteiger partial charge on any atom is 0.416 e. The lowest BCUT2D eigenvalue weighted by molar-refractivity contribution is -0.137. The van der Waals surface area contributed by atoms with Crippen molar-refractivity contribution in [3.63, 3.8) is 0 Å².